The number of fused-ring (bicyclic) bond motifs is 1. The monoisotopic (exact) mass is 378 g/mol. The van der Waals surface area contributed by atoms with Crippen LogP contribution >= 0.6 is 11.3 Å². The van der Waals surface area contributed by atoms with E-state index in [1.807, 2.05) is 6.07 Å². The third kappa shape index (κ3) is 3.93. The van der Waals surface area contributed by atoms with Gasteiger partial charge in [-0.05, 0) is 56.4 Å². The van der Waals surface area contributed by atoms with Crippen LogP contribution in [0.4, 0.5) is 14.5 Å². The van der Waals surface area contributed by atoms with Crippen LogP contribution in [0.3, 0.4) is 0 Å². The van der Waals surface area contributed by atoms with Gasteiger partial charge in [0.1, 0.15) is 23.9 Å². The number of likely N-dealkylation sites (N-methyl/N-ethyl adjacent to an activating group) is 1. The molecule has 0 fully saturated rings. The van der Waals surface area contributed by atoms with Gasteiger partial charge in [-0.3, -0.25) is 9.59 Å². The zero-order valence-electron chi connectivity index (χ0n) is 14.5. The van der Waals surface area contributed by atoms with E-state index in [0.29, 0.717) is 11.4 Å². The van der Waals surface area contributed by atoms with E-state index in [9.17, 15) is 18.4 Å². The lowest BCUT2D eigenvalue weighted by molar-refractivity contribution is -0.116. The first-order valence-corrected chi connectivity index (χ1v) is 9.46. The predicted octanol–water partition coefficient (Wildman–Crippen LogP) is 4.01. The molecule has 1 aromatic carbocycles. The molecule has 1 heterocycles. The quantitative estimate of drug-likeness (QED) is 0.855. The van der Waals surface area contributed by atoms with E-state index in [1.165, 1.54) is 32.7 Å². The number of nitrogens with zero attached hydrogens (tertiary/aromatic N) is 1. The Kier molecular flexibility index (Phi) is 5.66. The largest absolute Gasteiger partial charge is 0.329 e. The van der Waals surface area contributed by atoms with Crippen LogP contribution in [0, 0.1) is 11.6 Å². The average molecular weight is 378 g/mol. The van der Waals surface area contributed by atoms with Gasteiger partial charge in [0.05, 0.1) is 4.88 Å². The fourth-order valence-electron chi connectivity index (χ4n) is 3.05. The van der Waals surface area contributed by atoms with E-state index in [2.05, 4.69) is 5.32 Å². The van der Waals surface area contributed by atoms with Crippen molar-refractivity contribution in [3.63, 3.8) is 0 Å². The van der Waals surface area contributed by atoms with Gasteiger partial charge in [-0.2, -0.15) is 0 Å². The van der Waals surface area contributed by atoms with Crippen LogP contribution in [0.1, 0.15) is 39.9 Å². The molecule has 1 aromatic heterocycles. The molecule has 0 bridgehead atoms. The van der Waals surface area contributed by atoms with Crippen molar-refractivity contribution in [3.8, 4) is 0 Å². The number of carbonyl (C=O) groups is 2. The van der Waals surface area contributed by atoms with E-state index in [4.69, 9.17) is 0 Å². The molecule has 26 heavy (non-hydrogen) atoms. The van der Waals surface area contributed by atoms with Crippen LogP contribution in [-0.4, -0.2) is 29.8 Å². The molecule has 0 atom stereocenters. The minimum atomic E-state index is -0.848. The molecule has 3 rings (SSSR count). The summed E-state index contributed by atoms with van der Waals surface area (Å²) in [7, 11) is 0. The molecule has 0 radical (unpaired) electrons. The zero-order valence-corrected chi connectivity index (χ0v) is 15.3. The number of benzene rings is 1. The summed E-state index contributed by atoms with van der Waals surface area (Å²) in [6.07, 6.45) is 4.24. The molecule has 0 aliphatic heterocycles. The lowest BCUT2D eigenvalue weighted by Crippen LogP contribution is -2.37. The molecule has 0 saturated carbocycles. The Morgan fingerprint density at radius 2 is 1.88 bits per heavy atom. The number of hydrogen-bond acceptors (Lipinski definition) is 3. The number of nitrogens with one attached hydrogen (secondary N) is 1. The minimum Gasteiger partial charge on any atom is -0.329 e. The fourth-order valence-corrected chi connectivity index (χ4v) is 4.27. The predicted molar refractivity (Wildman–Crippen MR) is 97.5 cm³/mol. The first-order valence-electron chi connectivity index (χ1n) is 8.64. The molecular formula is C19H20F2N2O2S. The number of anilines is 1. The molecule has 4 nitrogen and oxygen atoms in total. The summed E-state index contributed by atoms with van der Waals surface area (Å²) in [6, 6.07) is 5.27. The van der Waals surface area contributed by atoms with Gasteiger partial charge in [0.15, 0.2) is 0 Å². The minimum absolute atomic E-state index is 0.226. The molecule has 138 valence electrons. The van der Waals surface area contributed by atoms with Crippen LogP contribution in [-0.2, 0) is 17.6 Å². The van der Waals surface area contributed by atoms with Crippen molar-refractivity contribution in [1.82, 2.24) is 4.90 Å². The zero-order chi connectivity index (χ0) is 18.7. The van der Waals surface area contributed by atoms with Gasteiger partial charge in [0.25, 0.3) is 5.91 Å². The maximum absolute atomic E-state index is 13.7. The van der Waals surface area contributed by atoms with E-state index in [0.717, 1.165) is 37.8 Å². The lowest BCUT2D eigenvalue weighted by atomic mass is 9.99. The maximum atomic E-state index is 13.7. The molecule has 1 aliphatic rings. The Morgan fingerprint density at radius 1 is 1.19 bits per heavy atom. The maximum Gasteiger partial charge on any atom is 0.264 e. The molecule has 2 aromatic rings. The first-order chi connectivity index (χ1) is 12.5. The number of thiophene rings is 1. The topological polar surface area (TPSA) is 49.4 Å². The second kappa shape index (κ2) is 7.95. The molecule has 1 aliphatic carbocycles. The van der Waals surface area contributed by atoms with Crippen molar-refractivity contribution >= 4 is 28.8 Å². The van der Waals surface area contributed by atoms with Crippen molar-refractivity contribution in [2.75, 3.05) is 18.4 Å². The molecule has 0 unspecified atom stereocenters. The van der Waals surface area contributed by atoms with Crippen molar-refractivity contribution in [2.45, 2.75) is 32.6 Å². The summed E-state index contributed by atoms with van der Waals surface area (Å²) >= 11 is 1.48. The van der Waals surface area contributed by atoms with Crippen LogP contribution < -0.4 is 5.32 Å². The Morgan fingerprint density at radius 3 is 2.54 bits per heavy atom. The SMILES string of the molecule is CCN(CC(=O)Nc1c(F)cccc1F)C(=O)c1cc2c(s1)CCCC2. The number of rotatable bonds is 5. The van der Waals surface area contributed by atoms with E-state index in [-0.39, 0.29) is 12.5 Å². The Bertz CT molecular complexity index is 791. The highest BCUT2D eigenvalue weighted by molar-refractivity contribution is 7.14. The third-order valence-corrected chi connectivity index (χ3v) is 5.66. The second-order valence-corrected chi connectivity index (χ2v) is 7.37. The van der Waals surface area contributed by atoms with E-state index < -0.39 is 23.2 Å². The smallest absolute Gasteiger partial charge is 0.264 e. The number of halogens is 2. The summed E-state index contributed by atoms with van der Waals surface area (Å²) in [5.74, 6) is -2.56. The van der Waals surface area contributed by atoms with Crippen molar-refractivity contribution in [2.24, 2.45) is 0 Å². The second-order valence-electron chi connectivity index (χ2n) is 6.23. The third-order valence-electron chi connectivity index (χ3n) is 4.44. The average Bonchev–Trinajstić information content (AvgIpc) is 3.06. The number of amides is 2. The van der Waals surface area contributed by atoms with Crippen molar-refractivity contribution < 1.29 is 18.4 Å². The lowest BCUT2D eigenvalue weighted by Gasteiger charge is -2.19. The fraction of sp³-hybridized carbons (Fsp3) is 0.368. The number of carbonyl (C=O) groups excluding carboxylic acids is 2. The molecule has 0 spiro atoms. The van der Waals surface area contributed by atoms with E-state index in [1.54, 1.807) is 6.92 Å². The Labute approximate surface area is 154 Å². The van der Waals surface area contributed by atoms with Gasteiger partial charge in [-0.25, -0.2) is 8.78 Å². The van der Waals surface area contributed by atoms with Gasteiger partial charge >= 0.3 is 0 Å². The summed E-state index contributed by atoms with van der Waals surface area (Å²) in [4.78, 5) is 28.1. The van der Waals surface area contributed by atoms with Gasteiger partial charge in [0, 0.05) is 11.4 Å². The summed E-state index contributed by atoms with van der Waals surface area (Å²) in [5.41, 5.74) is 0.728. The highest BCUT2D eigenvalue weighted by Crippen LogP contribution is 2.30. The highest BCUT2D eigenvalue weighted by atomic mass is 32.1. The van der Waals surface area contributed by atoms with Crippen LogP contribution in [0.25, 0.3) is 0 Å². The summed E-state index contributed by atoms with van der Waals surface area (Å²) < 4.78 is 27.3. The normalized spacial score (nSPS) is 13.2. The van der Waals surface area contributed by atoms with Crippen molar-refractivity contribution in [3.05, 3.63) is 51.2 Å². The first kappa shape index (κ1) is 18.5. The highest BCUT2D eigenvalue weighted by Gasteiger charge is 2.23. The molecule has 2 amide bonds. The number of aryl methyl sites for hydroxylation is 2. The van der Waals surface area contributed by atoms with Gasteiger partial charge in [-0.15, -0.1) is 11.3 Å². The summed E-state index contributed by atoms with van der Waals surface area (Å²) in [5, 5.41) is 2.22. The van der Waals surface area contributed by atoms with Crippen LogP contribution in [0.5, 0.6) is 0 Å². The van der Waals surface area contributed by atoms with Gasteiger partial charge in [-0.1, -0.05) is 6.07 Å². The Hall–Kier alpha value is -2.28. The Balaban J connectivity index is 1.69. The molecule has 1 N–H and O–H groups in total. The van der Waals surface area contributed by atoms with Crippen LogP contribution in [0.2, 0.25) is 0 Å². The van der Waals surface area contributed by atoms with Gasteiger partial charge in [0.2, 0.25) is 5.91 Å². The van der Waals surface area contributed by atoms with Gasteiger partial charge < -0.3 is 10.2 Å². The molecule has 7 heteroatoms. The molecule has 0 saturated heterocycles. The summed E-state index contributed by atoms with van der Waals surface area (Å²) in [6.45, 7) is 1.84. The number of para-hydroxylation sites is 1. The number of hydrogen-bond donors (Lipinski definition) is 1. The standard InChI is InChI=1S/C19H20F2N2O2S/c1-2-23(11-17(24)22-18-13(20)7-5-8-14(18)21)19(25)16-10-12-6-3-4-9-15(12)26-16/h5,7-8,10H,2-4,6,9,11H2,1H3,(H,22,24). The molecular weight excluding hydrogens is 358 g/mol. The van der Waals surface area contributed by atoms with E-state index >= 15 is 0 Å². The van der Waals surface area contributed by atoms with Crippen molar-refractivity contribution in [1.29, 1.82) is 0 Å². The van der Waals surface area contributed by atoms with Crippen LogP contribution in [0.15, 0.2) is 24.3 Å².